The lowest BCUT2D eigenvalue weighted by Gasteiger charge is -2.26. The summed E-state index contributed by atoms with van der Waals surface area (Å²) >= 11 is 0. The van der Waals surface area contributed by atoms with Crippen LogP contribution in [0.3, 0.4) is 0 Å². The SMILES string of the molecule is CCC(C)(C)CC1COCC1O. The van der Waals surface area contributed by atoms with Gasteiger partial charge in [-0.2, -0.15) is 0 Å². The fourth-order valence-electron chi connectivity index (χ4n) is 1.64. The Kier molecular flexibility index (Phi) is 3.13. The number of aliphatic hydroxyl groups is 1. The minimum atomic E-state index is -0.226. The van der Waals surface area contributed by atoms with E-state index in [1.54, 1.807) is 0 Å². The summed E-state index contributed by atoms with van der Waals surface area (Å²) in [6.07, 6.45) is 2.01. The zero-order valence-electron chi connectivity index (χ0n) is 8.34. The van der Waals surface area contributed by atoms with E-state index < -0.39 is 0 Å². The highest BCUT2D eigenvalue weighted by molar-refractivity contribution is 4.80. The van der Waals surface area contributed by atoms with Crippen molar-refractivity contribution in [2.45, 2.75) is 39.7 Å². The molecule has 0 aliphatic carbocycles. The molecule has 0 bridgehead atoms. The van der Waals surface area contributed by atoms with Gasteiger partial charge in [0, 0.05) is 5.92 Å². The van der Waals surface area contributed by atoms with Gasteiger partial charge in [-0.05, 0) is 11.8 Å². The molecule has 2 unspecified atom stereocenters. The maximum absolute atomic E-state index is 9.52. The lowest BCUT2D eigenvalue weighted by atomic mass is 9.80. The number of aliphatic hydroxyl groups excluding tert-OH is 1. The molecule has 1 saturated heterocycles. The van der Waals surface area contributed by atoms with Crippen molar-refractivity contribution in [3.8, 4) is 0 Å². The van der Waals surface area contributed by atoms with Crippen molar-refractivity contribution < 1.29 is 9.84 Å². The van der Waals surface area contributed by atoms with Gasteiger partial charge in [0.2, 0.25) is 0 Å². The average molecular weight is 172 g/mol. The third-order valence-corrected chi connectivity index (χ3v) is 2.94. The summed E-state index contributed by atoms with van der Waals surface area (Å²) in [5.41, 5.74) is 0.347. The van der Waals surface area contributed by atoms with Crippen molar-refractivity contribution in [2.75, 3.05) is 13.2 Å². The Morgan fingerprint density at radius 3 is 2.50 bits per heavy atom. The second kappa shape index (κ2) is 3.75. The quantitative estimate of drug-likeness (QED) is 0.703. The van der Waals surface area contributed by atoms with Crippen LogP contribution in [-0.2, 0) is 4.74 Å². The molecule has 72 valence electrons. The van der Waals surface area contributed by atoms with E-state index in [1.165, 1.54) is 0 Å². The van der Waals surface area contributed by atoms with E-state index in [2.05, 4.69) is 20.8 Å². The molecule has 1 aliphatic rings. The zero-order valence-corrected chi connectivity index (χ0v) is 8.34. The van der Waals surface area contributed by atoms with Gasteiger partial charge in [-0.15, -0.1) is 0 Å². The third-order valence-electron chi connectivity index (χ3n) is 2.94. The second-order valence-corrected chi connectivity index (χ2v) is 4.59. The highest BCUT2D eigenvalue weighted by Crippen LogP contribution is 2.32. The van der Waals surface area contributed by atoms with Crippen molar-refractivity contribution >= 4 is 0 Å². The molecule has 0 amide bonds. The van der Waals surface area contributed by atoms with Crippen LogP contribution in [0.5, 0.6) is 0 Å². The van der Waals surface area contributed by atoms with E-state index in [0.29, 0.717) is 17.9 Å². The molecule has 12 heavy (non-hydrogen) atoms. The number of ether oxygens (including phenoxy) is 1. The molecule has 1 aliphatic heterocycles. The molecule has 1 rings (SSSR count). The van der Waals surface area contributed by atoms with E-state index in [4.69, 9.17) is 4.74 Å². The van der Waals surface area contributed by atoms with Crippen molar-refractivity contribution in [3.05, 3.63) is 0 Å². The monoisotopic (exact) mass is 172 g/mol. The third kappa shape index (κ3) is 2.46. The van der Waals surface area contributed by atoms with Gasteiger partial charge >= 0.3 is 0 Å². The first kappa shape index (κ1) is 10.0. The minimum absolute atomic E-state index is 0.226. The summed E-state index contributed by atoms with van der Waals surface area (Å²) < 4.78 is 5.21. The van der Waals surface area contributed by atoms with Crippen molar-refractivity contribution in [2.24, 2.45) is 11.3 Å². The second-order valence-electron chi connectivity index (χ2n) is 4.59. The van der Waals surface area contributed by atoms with Crippen LogP contribution in [0.1, 0.15) is 33.6 Å². The summed E-state index contributed by atoms with van der Waals surface area (Å²) in [7, 11) is 0. The first-order valence-electron chi connectivity index (χ1n) is 4.81. The Balaban J connectivity index is 2.39. The Labute approximate surface area is 74.9 Å². The van der Waals surface area contributed by atoms with Crippen LogP contribution in [-0.4, -0.2) is 24.4 Å². The maximum atomic E-state index is 9.52. The molecule has 1 fully saturated rings. The first-order chi connectivity index (χ1) is 5.55. The zero-order chi connectivity index (χ0) is 9.19. The van der Waals surface area contributed by atoms with E-state index in [9.17, 15) is 5.11 Å². The highest BCUT2D eigenvalue weighted by Gasteiger charge is 2.31. The average Bonchev–Trinajstić information content (AvgIpc) is 2.36. The van der Waals surface area contributed by atoms with Crippen LogP contribution in [0.4, 0.5) is 0 Å². The molecule has 1 heterocycles. The van der Waals surface area contributed by atoms with Crippen LogP contribution in [0.15, 0.2) is 0 Å². The predicted molar refractivity (Wildman–Crippen MR) is 49.0 cm³/mol. The number of hydrogen-bond donors (Lipinski definition) is 1. The van der Waals surface area contributed by atoms with E-state index in [1.807, 2.05) is 0 Å². The van der Waals surface area contributed by atoms with Gasteiger partial charge in [-0.25, -0.2) is 0 Å². The van der Waals surface area contributed by atoms with Gasteiger partial charge in [-0.1, -0.05) is 27.2 Å². The van der Waals surface area contributed by atoms with Gasteiger partial charge in [-0.3, -0.25) is 0 Å². The highest BCUT2D eigenvalue weighted by atomic mass is 16.5. The predicted octanol–water partition coefficient (Wildman–Crippen LogP) is 1.82. The molecule has 0 spiro atoms. The Morgan fingerprint density at radius 2 is 2.08 bits per heavy atom. The summed E-state index contributed by atoms with van der Waals surface area (Å²) in [5.74, 6) is 0.361. The van der Waals surface area contributed by atoms with Crippen molar-refractivity contribution in [3.63, 3.8) is 0 Å². The molecule has 0 aromatic carbocycles. The normalized spacial score (nSPS) is 31.0. The molecule has 1 N–H and O–H groups in total. The molecule has 2 nitrogen and oxygen atoms in total. The molecular formula is C10H20O2. The van der Waals surface area contributed by atoms with Crippen LogP contribution >= 0.6 is 0 Å². The standard InChI is InChI=1S/C10H20O2/c1-4-10(2,3)5-8-6-12-7-9(8)11/h8-9,11H,4-7H2,1-3H3. The molecule has 0 aromatic rings. The topological polar surface area (TPSA) is 29.5 Å². The summed E-state index contributed by atoms with van der Waals surface area (Å²) in [5, 5.41) is 9.52. The lowest BCUT2D eigenvalue weighted by Crippen LogP contribution is -2.24. The summed E-state index contributed by atoms with van der Waals surface area (Å²) in [4.78, 5) is 0. The largest absolute Gasteiger partial charge is 0.390 e. The molecule has 2 heteroatoms. The fraction of sp³-hybridized carbons (Fsp3) is 1.00. The lowest BCUT2D eigenvalue weighted by molar-refractivity contribution is 0.105. The Bertz CT molecular complexity index is 143. The van der Waals surface area contributed by atoms with E-state index >= 15 is 0 Å². The minimum Gasteiger partial charge on any atom is -0.390 e. The van der Waals surface area contributed by atoms with Crippen LogP contribution < -0.4 is 0 Å². The molecule has 0 aromatic heterocycles. The number of rotatable bonds is 3. The Hall–Kier alpha value is -0.0800. The van der Waals surface area contributed by atoms with Crippen LogP contribution in [0.25, 0.3) is 0 Å². The van der Waals surface area contributed by atoms with Gasteiger partial charge < -0.3 is 9.84 Å². The van der Waals surface area contributed by atoms with Crippen LogP contribution in [0.2, 0.25) is 0 Å². The van der Waals surface area contributed by atoms with E-state index in [0.717, 1.165) is 19.4 Å². The van der Waals surface area contributed by atoms with Crippen molar-refractivity contribution in [1.29, 1.82) is 0 Å². The van der Waals surface area contributed by atoms with E-state index in [-0.39, 0.29) is 6.10 Å². The molecule has 0 radical (unpaired) electrons. The van der Waals surface area contributed by atoms with Gasteiger partial charge in [0.05, 0.1) is 19.3 Å². The van der Waals surface area contributed by atoms with Crippen molar-refractivity contribution in [1.82, 2.24) is 0 Å². The smallest absolute Gasteiger partial charge is 0.0823 e. The molecule has 2 atom stereocenters. The summed E-state index contributed by atoms with van der Waals surface area (Å²) in [6.45, 7) is 7.97. The van der Waals surface area contributed by atoms with Gasteiger partial charge in [0.1, 0.15) is 0 Å². The van der Waals surface area contributed by atoms with Crippen LogP contribution in [0, 0.1) is 11.3 Å². The maximum Gasteiger partial charge on any atom is 0.0823 e. The Morgan fingerprint density at radius 1 is 1.42 bits per heavy atom. The summed E-state index contributed by atoms with van der Waals surface area (Å²) in [6, 6.07) is 0. The molecule has 0 saturated carbocycles. The fourth-order valence-corrected chi connectivity index (χ4v) is 1.64. The number of hydrogen-bond acceptors (Lipinski definition) is 2. The first-order valence-corrected chi connectivity index (χ1v) is 4.81. The van der Waals surface area contributed by atoms with Gasteiger partial charge in [0.25, 0.3) is 0 Å². The molecular weight excluding hydrogens is 152 g/mol. The van der Waals surface area contributed by atoms with Gasteiger partial charge in [0.15, 0.2) is 0 Å².